The van der Waals surface area contributed by atoms with E-state index in [9.17, 15) is 4.79 Å². The van der Waals surface area contributed by atoms with Gasteiger partial charge in [0.25, 0.3) is 5.56 Å². The van der Waals surface area contributed by atoms with Gasteiger partial charge >= 0.3 is 0 Å². The van der Waals surface area contributed by atoms with Crippen LogP contribution < -0.4 is 15.0 Å². The molecule has 6 heteroatoms. The molecule has 0 unspecified atom stereocenters. The number of hydrogen-bond acceptors (Lipinski definition) is 5. The lowest BCUT2D eigenvalue weighted by molar-refractivity contribution is 0.395. The highest BCUT2D eigenvalue weighted by molar-refractivity contribution is 5.68. The Balaban J connectivity index is 2.01. The zero-order valence-corrected chi connectivity index (χ0v) is 13.5. The van der Waals surface area contributed by atoms with Crippen molar-refractivity contribution in [1.82, 2.24) is 14.8 Å². The zero-order chi connectivity index (χ0) is 16.9. The van der Waals surface area contributed by atoms with E-state index in [1.165, 1.54) is 10.7 Å². The molecule has 0 aliphatic carbocycles. The highest BCUT2D eigenvalue weighted by Gasteiger charge is 2.11. The van der Waals surface area contributed by atoms with E-state index < -0.39 is 0 Å². The maximum atomic E-state index is 12.1. The maximum Gasteiger partial charge on any atom is 0.267 e. The molecule has 2 heterocycles. The van der Waals surface area contributed by atoms with E-state index in [0.29, 0.717) is 23.7 Å². The van der Waals surface area contributed by atoms with E-state index in [4.69, 9.17) is 9.47 Å². The molecule has 0 N–H and O–H groups in total. The van der Waals surface area contributed by atoms with Gasteiger partial charge in [-0.05, 0) is 29.8 Å². The number of hydrogen-bond donors (Lipinski definition) is 0. The molecule has 3 aromatic rings. The third-order valence-electron chi connectivity index (χ3n) is 3.61. The van der Waals surface area contributed by atoms with E-state index in [0.717, 1.165) is 11.1 Å². The van der Waals surface area contributed by atoms with Crippen molar-refractivity contribution in [1.29, 1.82) is 0 Å². The van der Waals surface area contributed by atoms with Crippen LogP contribution in [0, 0.1) is 0 Å². The third kappa shape index (κ3) is 3.27. The fourth-order valence-electron chi connectivity index (χ4n) is 2.38. The van der Waals surface area contributed by atoms with Crippen LogP contribution in [0.4, 0.5) is 0 Å². The molecule has 0 saturated carbocycles. The van der Waals surface area contributed by atoms with Crippen molar-refractivity contribution in [2.75, 3.05) is 14.2 Å². The molecular formula is C18H17N3O3. The lowest BCUT2D eigenvalue weighted by Crippen LogP contribution is -2.22. The molecule has 0 fully saturated rings. The topological polar surface area (TPSA) is 66.2 Å². The van der Waals surface area contributed by atoms with E-state index in [1.54, 1.807) is 38.7 Å². The molecule has 1 aromatic carbocycles. The van der Waals surface area contributed by atoms with E-state index in [-0.39, 0.29) is 5.56 Å². The molecule has 122 valence electrons. The molecular weight excluding hydrogens is 306 g/mol. The van der Waals surface area contributed by atoms with Gasteiger partial charge in [0.1, 0.15) is 11.5 Å². The number of methoxy groups -OCH3 is 2. The van der Waals surface area contributed by atoms with Crippen LogP contribution in [0.3, 0.4) is 0 Å². The Kier molecular flexibility index (Phi) is 4.56. The van der Waals surface area contributed by atoms with Crippen LogP contribution in [0.25, 0.3) is 11.3 Å². The number of nitrogens with zero attached hydrogens (tertiary/aromatic N) is 3. The fourth-order valence-corrected chi connectivity index (χ4v) is 2.38. The summed E-state index contributed by atoms with van der Waals surface area (Å²) in [5.41, 5.74) is 2.18. The average Bonchev–Trinajstić information content (AvgIpc) is 2.64. The van der Waals surface area contributed by atoms with Gasteiger partial charge in [-0.1, -0.05) is 6.07 Å². The second-order valence-electron chi connectivity index (χ2n) is 5.14. The highest BCUT2D eigenvalue weighted by atomic mass is 16.5. The summed E-state index contributed by atoms with van der Waals surface area (Å²) < 4.78 is 12.0. The smallest absolute Gasteiger partial charge is 0.267 e. The monoisotopic (exact) mass is 323 g/mol. The van der Waals surface area contributed by atoms with Gasteiger partial charge in [-0.3, -0.25) is 9.78 Å². The first-order valence-corrected chi connectivity index (χ1v) is 7.40. The van der Waals surface area contributed by atoms with Gasteiger partial charge in [-0.2, -0.15) is 5.10 Å². The molecule has 2 aromatic heterocycles. The first kappa shape index (κ1) is 15.7. The van der Waals surface area contributed by atoms with Crippen LogP contribution in [-0.4, -0.2) is 29.0 Å². The van der Waals surface area contributed by atoms with Gasteiger partial charge in [0.15, 0.2) is 0 Å². The van der Waals surface area contributed by atoms with Crippen molar-refractivity contribution >= 4 is 0 Å². The Hall–Kier alpha value is -3.15. The van der Waals surface area contributed by atoms with Crippen molar-refractivity contribution in [3.8, 4) is 22.8 Å². The summed E-state index contributed by atoms with van der Waals surface area (Å²) in [6.45, 7) is 0.360. The van der Waals surface area contributed by atoms with Crippen molar-refractivity contribution in [2.45, 2.75) is 6.54 Å². The summed E-state index contributed by atoms with van der Waals surface area (Å²) in [6.07, 6.45) is 3.41. The van der Waals surface area contributed by atoms with E-state index in [1.807, 2.05) is 24.3 Å². The van der Waals surface area contributed by atoms with Crippen molar-refractivity contribution in [2.24, 2.45) is 0 Å². The first-order valence-electron chi connectivity index (χ1n) is 7.40. The maximum absolute atomic E-state index is 12.1. The van der Waals surface area contributed by atoms with Gasteiger partial charge in [-0.25, -0.2) is 4.68 Å². The van der Waals surface area contributed by atoms with E-state index in [2.05, 4.69) is 10.1 Å². The normalized spacial score (nSPS) is 10.4. The lowest BCUT2D eigenvalue weighted by atomic mass is 10.1. The standard InChI is InChI=1S/C18H17N3O3/c1-23-14-5-6-15(17(10-14)24-2)16-7-8-18(22)21(20-16)12-13-4-3-9-19-11-13/h3-11H,12H2,1-2H3. The molecule has 0 atom stereocenters. The molecule has 0 aliphatic heterocycles. The largest absolute Gasteiger partial charge is 0.497 e. The minimum Gasteiger partial charge on any atom is -0.497 e. The summed E-state index contributed by atoms with van der Waals surface area (Å²) in [5.74, 6) is 1.33. The van der Waals surface area contributed by atoms with Crippen molar-refractivity contribution in [3.63, 3.8) is 0 Å². The number of benzene rings is 1. The van der Waals surface area contributed by atoms with Gasteiger partial charge in [0.05, 0.1) is 26.5 Å². The predicted molar refractivity (Wildman–Crippen MR) is 90.4 cm³/mol. The van der Waals surface area contributed by atoms with Gasteiger partial charge < -0.3 is 9.47 Å². The Morgan fingerprint density at radius 2 is 1.96 bits per heavy atom. The Morgan fingerprint density at radius 3 is 2.67 bits per heavy atom. The molecule has 0 aliphatic rings. The Labute approximate surface area is 139 Å². The summed E-state index contributed by atoms with van der Waals surface area (Å²) in [5, 5.41) is 4.46. The van der Waals surface area contributed by atoms with Gasteiger partial charge in [0, 0.05) is 30.1 Å². The Morgan fingerprint density at radius 1 is 1.08 bits per heavy atom. The number of ether oxygens (including phenoxy) is 2. The van der Waals surface area contributed by atoms with Crippen molar-refractivity contribution < 1.29 is 9.47 Å². The van der Waals surface area contributed by atoms with Crippen LogP contribution in [0.15, 0.2) is 59.7 Å². The number of aromatic nitrogens is 3. The zero-order valence-electron chi connectivity index (χ0n) is 13.5. The Bertz CT molecular complexity index is 892. The molecule has 24 heavy (non-hydrogen) atoms. The minimum atomic E-state index is -0.171. The summed E-state index contributed by atoms with van der Waals surface area (Å²) >= 11 is 0. The molecule has 0 bridgehead atoms. The molecule has 0 saturated heterocycles. The summed E-state index contributed by atoms with van der Waals surface area (Å²) in [7, 11) is 3.19. The van der Waals surface area contributed by atoms with E-state index >= 15 is 0 Å². The SMILES string of the molecule is COc1ccc(-c2ccc(=O)n(Cc3cccnc3)n2)c(OC)c1. The second kappa shape index (κ2) is 6.95. The van der Waals surface area contributed by atoms with Crippen LogP contribution in [0.2, 0.25) is 0 Å². The minimum absolute atomic E-state index is 0.171. The summed E-state index contributed by atoms with van der Waals surface area (Å²) in [6, 6.07) is 12.4. The third-order valence-corrected chi connectivity index (χ3v) is 3.61. The van der Waals surface area contributed by atoms with Gasteiger partial charge in [-0.15, -0.1) is 0 Å². The van der Waals surface area contributed by atoms with Gasteiger partial charge in [0.2, 0.25) is 0 Å². The van der Waals surface area contributed by atoms with Crippen LogP contribution >= 0.6 is 0 Å². The second-order valence-corrected chi connectivity index (χ2v) is 5.14. The highest BCUT2D eigenvalue weighted by Crippen LogP contribution is 2.31. The molecule has 6 nitrogen and oxygen atoms in total. The van der Waals surface area contributed by atoms with Crippen LogP contribution in [0.5, 0.6) is 11.5 Å². The average molecular weight is 323 g/mol. The van der Waals surface area contributed by atoms with Crippen LogP contribution in [0.1, 0.15) is 5.56 Å². The number of pyridine rings is 1. The fraction of sp³-hybridized carbons (Fsp3) is 0.167. The molecule has 0 radical (unpaired) electrons. The predicted octanol–water partition coefficient (Wildman–Crippen LogP) is 2.37. The lowest BCUT2D eigenvalue weighted by Gasteiger charge is -2.11. The summed E-state index contributed by atoms with van der Waals surface area (Å²) in [4.78, 5) is 16.2. The quantitative estimate of drug-likeness (QED) is 0.721. The van der Waals surface area contributed by atoms with Crippen molar-refractivity contribution in [3.05, 3.63) is 70.8 Å². The molecule has 0 amide bonds. The van der Waals surface area contributed by atoms with Crippen LogP contribution in [-0.2, 0) is 6.54 Å². The molecule has 3 rings (SSSR count). The number of rotatable bonds is 5. The molecule has 0 spiro atoms. The first-order chi connectivity index (χ1) is 11.7.